The van der Waals surface area contributed by atoms with E-state index >= 15 is 0 Å². The highest BCUT2D eigenvalue weighted by atomic mass is 16.6. The van der Waals surface area contributed by atoms with E-state index in [1.165, 1.54) is 42.5 Å². The predicted octanol–water partition coefficient (Wildman–Crippen LogP) is 2.95. The summed E-state index contributed by atoms with van der Waals surface area (Å²) >= 11 is 0. The van der Waals surface area contributed by atoms with Crippen molar-refractivity contribution in [3.05, 3.63) is 75.8 Å². The van der Waals surface area contributed by atoms with Crippen LogP contribution < -0.4 is 4.74 Å². The standard InChI is InChI=1S/C17H13NO6/c19-16(10-3-12-1-6-14(7-2-12)18(22)23)13-4-8-15(9-5-13)24-11-17(20)21/h1-10H,11H2,(H,20,21). The second-order valence-corrected chi connectivity index (χ2v) is 4.75. The number of carboxylic acids is 1. The van der Waals surface area contributed by atoms with Crippen LogP contribution in [0.4, 0.5) is 5.69 Å². The molecule has 2 aromatic carbocycles. The first-order valence-corrected chi connectivity index (χ1v) is 6.87. The first kappa shape index (κ1) is 16.9. The largest absolute Gasteiger partial charge is 0.482 e. The van der Waals surface area contributed by atoms with Gasteiger partial charge >= 0.3 is 5.97 Å². The van der Waals surface area contributed by atoms with Gasteiger partial charge in [-0.1, -0.05) is 6.08 Å². The minimum absolute atomic E-state index is 0.0181. The second kappa shape index (κ2) is 7.68. The highest BCUT2D eigenvalue weighted by Crippen LogP contribution is 2.15. The number of nitrogens with zero attached hydrogens (tertiary/aromatic N) is 1. The molecule has 7 heteroatoms. The van der Waals surface area contributed by atoms with Crippen LogP contribution in [0.2, 0.25) is 0 Å². The van der Waals surface area contributed by atoms with Gasteiger partial charge in [0, 0.05) is 17.7 Å². The molecular formula is C17H13NO6. The van der Waals surface area contributed by atoms with Gasteiger partial charge in [0.25, 0.3) is 5.69 Å². The fraction of sp³-hybridized carbons (Fsp3) is 0.0588. The molecule has 0 unspecified atom stereocenters. The number of nitro groups is 1. The quantitative estimate of drug-likeness (QED) is 0.362. The number of nitro benzene ring substituents is 1. The smallest absolute Gasteiger partial charge is 0.341 e. The molecular weight excluding hydrogens is 314 g/mol. The van der Waals surface area contributed by atoms with Gasteiger partial charge in [-0.05, 0) is 48.0 Å². The summed E-state index contributed by atoms with van der Waals surface area (Å²) < 4.78 is 4.98. The molecule has 0 saturated carbocycles. The summed E-state index contributed by atoms with van der Waals surface area (Å²) in [5, 5.41) is 19.1. The fourth-order valence-electron chi connectivity index (χ4n) is 1.84. The number of allylic oxidation sites excluding steroid dienone is 1. The van der Waals surface area contributed by atoms with Crippen LogP contribution in [0.1, 0.15) is 15.9 Å². The van der Waals surface area contributed by atoms with Gasteiger partial charge in [-0.25, -0.2) is 4.79 Å². The molecule has 0 fully saturated rings. The summed E-state index contributed by atoms with van der Waals surface area (Å²) in [5.41, 5.74) is 1.06. The van der Waals surface area contributed by atoms with Gasteiger partial charge in [0.1, 0.15) is 5.75 Å². The van der Waals surface area contributed by atoms with Gasteiger partial charge < -0.3 is 9.84 Å². The summed E-state index contributed by atoms with van der Waals surface area (Å²) in [6.45, 7) is -0.451. The van der Waals surface area contributed by atoms with Crippen molar-refractivity contribution in [3.8, 4) is 5.75 Å². The van der Waals surface area contributed by atoms with Crippen LogP contribution in [-0.4, -0.2) is 28.4 Å². The minimum Gasteiger partial charge on any atom is -0.482 e. The molecule has 0 heterocycles. The van der Waals surface area contributed by atoms with Crippen molar-refractivity contribution in [2.75, 3.05) is 6.61 Å². The average Bonchev–Trinajstić information content (AvgIpc) is 2.58. The number of ether oxygens (including phenoxy) is 1. The fourth-order valence-corrected chi connectivity index (χ4v) is 1.84. The third-order valence-corrected chi connectivity index (χ3v) is 3.03. The molecule has 7 nitrogen and oxygen atoms in total. The Balaban J connectivity index is 2.00. The Hall–Kier alpha value is -3.48. The van der Waals surface area contributed by atoms with Crippen LogP contribution in [0.5, 0.6) is 5.75 Å². The molecule has 0 atom stereocenters. The number of non-ortho nitro benzene ring substituents is 1. The molecule has 122 valence electrons. The first-order valence-electron chi connectivity index (χ1n) is 6.87. The van der Waals surface area contributed by atoms with Gasteiger partial charge in [-0.15, -0.1) is 0 Å². The molecule has 0 aliphatic carbocycles. The normalized spacial score (nSPS) is 10.5. The number of carboxylic acid groups (broad SMARTS) is 1. The second-order valence-electron chi connectivity index (χ2n) is 4.75. The molecule has 0 radical (unpaired) electrons. The summed E-state index contributed by atoms with van der Waals surface area (Å²) in [6, 6.07) is 11.9. The Kier molecular flexibility index (Phi) is 5.40. The van der Waals surface area contributed by atoms with Crippen molar-refractivity contribution in [1.82, 2.24) is 0 Å². The molecule has 0 aromatic heterocycles. The van der Waals surface area contributed by atoms with Gasteiger partial charge in [0.2, 0.25) is 0 Å². The van der Waals surface area contributed by atoms with Gasteiger partial charge in [-0.3, -0.25) is 14.9 Å². The number of rotatable bonds is 7. The Bertz CT molecular complexity index is 778. The van der Waals surface area contributed by atoms with E-state index in [0.29, 0.717) is 16.9 Å². The lowest BCUT2D eigenvalue weighted by Crippen LogP contribution is -2.09. The van der Waals surface area contributed by atoms with E-state index in [4.69, 9.17) is 9.84 Å². The SMILES string of the molecule is O=C(O)COc1ccc(C(=O)C=Cc2ccc([N+](=O)[O-])cc2)cc1. The number of carbonyl (C=O) groups is 2. The maximum Gasteiger partial charge on any atom is 0.341 e. The van der Waals surface area contributed by atoms with Crippen LogP contribution >= 0.6 is 0 Å². The summed E-state index contributed by atoms with van der Waals surface area (Å²) in [4.78, 5) is 32.5. The molecule has 0 spiro atoms. The highest BCUT2D eigenvalue weighted by molar-refractivity contribution is 6.06. The van der Waals surface area contributed by atoms with Gasteiger partial charge in [0.15, 0.2) is 12.4 Å². The monoisotopic (exact) mass is 327 g/mol. The summed E-state index contributed by atoms with van der Waals surface area (Å²) in [6.07, 6.45) is 2.91. The van der Waals surface area contributed by atoms with Crippen molar-refractivity contribution in [3.63, 3.8) is 0 Å². The van der Waals surface area contributed by atoms with Crippen LogP contribution in [0.25, 0.3) is 6.08 Å². The van der Waals surface area contributed by atoms with E-state index in [1.54, 1.807) is 18.2 Å². The number of hydrogen-bond donors (Lipinski definition) is 1. The van der Waals surface area contributed by atoms with E-state index in [2.05, 4.69) is 0 Å². The molecule has 1 N–H and O–H groups in total. The van der Waals surface area contributed by atoms with Gasteiger partial charge in [0.05, 0.1) is 4.92 Å². The van der Waals surface area contributed by atoms with Crippen LogP contribution in [-0.2, 0) is 4.79 Å². The van der Waals surface area contributed by atoms with Crippen LogP contribution in [0.3, 0.4) is 0 Å². The lowest BCUT2D eigenvalue weighted by Gasteiger charge is -2.03. The zero-order valence-corrected chi connectivity index (χ0v) is 12.4. The molecule has 0 saturated heterocycles. The molecule has 0 bridgehead atoms. The zero-order valence-electron chi connectivity index (χ0n) is 12.4. The Labute approximate surface area is 137 Å². The van der Waals surface area contributed by atoms with Crippen molar-refractivity contribution >= 4 is 23.5 Å². The Morgan fingerprint density at radius 3 is 2.25 bits per heavy atom. The Morgan fingerprint density at radius 2 is 1.71 bits per heavy atom. The van der Waals surface area contributed by atoms with E-state index in [9.17, 15) is 19.7 Å². The predicted molar refractivity (Wildman–Crippen MR) is 86.0 cm³/mol. The van der Waals surface area contributed by atoms with Crippen molar-refractivity contribution in [2.45, 2.75) is 0 Å². The molecule has 0 aliphatic rings. The topological polar surface area (TPSA) is 107 Å². The average molecular weight is 327 g/mol. The van der Waals surface area contributed by atoms with Crippen molar-refractivity contribution < 1.29 is 24.4 Å². The third kappa shape index (κ3) is 4.77. The molecule has 0 amide bonds. The molecule has 2 aromatic rings. The molecule has 24 heavy (non-hydrogen) atoms. The van der Waals surface area contributed by atoms with Crippen LogP contribution in [0, 0.1) is 10.1 Å². The van der Waals surface area contributed by atoms with E-state index in [1.807, 2.05) is 0 Å². The zero-order chi connectivity index (χ0) is 17.5. The van der Waals surface area contributed by atoms with Crippen LogP contribution in [0.15, 0.2) is 54.6 Å². The van der Waals surface area contributed by atoms with Crippen molar-refractivity contribution in [2.24, 2.45) is 0 Å². The molecule has 0 aliphatic heterocycles. The van der Waals surface area contributed by atoms with E-state index < -0.39 is 17.5 Å². The number of aliphatic carboxylic acids is 1. The molecule has 2 rings (SSSR count). The number of carbonyl (C=O) groups excluding carboxylic acids is 1. The lowest BCUT2D eigenvalue weighted by molar-refractivity contribution is -0.384. The summed E-state index contributed by atoms with van der Waals surface area (Å²) in [7, 11) is 0. The minimum atomic E-state index is -1.08. The third-order valence-electron chi connectivity index (χ3n) is 3.03. The summed E-state index contributed by atoms with van der Waals surface area (Å²) in [5.74, 6) is -0.979. The Morgan fingerprint density at radius 1 is 1.08 bits per heavy atom. The maximum absolute atomic E-state index is 12.0. The number of benzene rings is 2. The van der Waals surface area contributed by atoms with Crippen molar-refractivity contribution in [1.29, 1.82) is 0 Å². The van der Waals surface area contributed by atoms with Gasteiger partial charge in [-0.2, -0.15) is 0 Å². The van der Waals surface area contributed by atoms with E-state index in [-0.39, 0.29) is 11.5 Å². The maximum atomic E-state index is 12.0. The highest BCUT2D eigenvalue weighted by Gasteiger charge is 2.05. The van der Waals surface area contributed by atoms with E-state index in [0.717, 1.165) is 0 Å². The number of hydrogen-bond acceptors (Lipinski definition) is 5. The number of ketones is 1. The lowest BCUT2D eigenvalue weighted by atomic mass is 10.1. The first-order chi connectivity index (χ1) is 11.5.